The van der Waals surface area contributed by atoms with Crippen LogP contribution in [0.1, 0.15) is 65.3 Å². The van der Waals surface area contributed by atoms with Gasteiger partial charge in [0.25, 0.3) is 0 Å². The Hall–Kier alpha value is -3.85. The monoisotopic (exact) mass is 574 g/mol. The van der Waals surface area contributed by atoms with Gasteiger partial charge in [-0.2, -0.15) is 15.2 Å². The quantitative estimate of drug-likeness (QED) is 0.333. The van der Waals surface area contributed by atoms with Gasteiger partial charge >= 0.3 is 6.09 Å². The molecule has 2 aromatic heterocycles. The standard InChI is InChI=1S/C27H29ClF2N6O4/c1-26(2,3)39-25(37)36-12-10-16(13-15(36)9-11-31)38-20-14-19(28)32-22(33-20)23-34-24(40-35-23)27(4,5)21-17(29)7-6-8-18(21)30/h6-8,14-16H,9-10,12-13H2,1-5H3/t15-,16+/m1/s1. The fourth-order valence-electron chi connectivity index (χ4n) is 4.48. The highest BCUT2D eigenvalue weighted by atomic mass is 35.5. The Morgan fingerprint density at radius 3 is 2.52 bits per heavy atom. The first kappa shape index (κ1) is 29.1. The molecule has 1 saturated heterocycles. The summed E-state index contributed by atoms with van der Waals surface area (Å²) in [4.78, 5) is 27.0. The molecule has 1 fully saturated rings. The minimum Gasteiger partial charge on any atom is -0.474 e. The Morgan fingerprint density at radius 1 is 1.18 bits per heavy atom. The average Bonchev–Trinajstić information content (AvgIpc) is 3.34. The third-order valence-electron chi connectivity index (χ3n) is 6.33. The van der Waals surface area contributed by atoms with Crippen LogP contribution < -0.4 is 4.74 Å². The van der Waals surface area contributed by atoms with Crippen LogP contribution >= 0.6 is 11.6 Å². The number of aromatic nitrogens is 4. The number of nitriles is 1. The predicted molar refractivity (Wildman–Crippen MR) is 139 cm³/mol. The molecule has 10 nitrogen and oxygen atoms in total. The van der Waals surface area contributed by atoms with Gasteiger partial charge in [-0.1, -0.05) is 22.8 Å². The van der Waals surface area contributed by atoms with Crippen molar-refractivity contribution in [2.45, 2.75) is 77.0 Å². The van der Waals surface area contributed by atoms with Crippen molar-refractivity contribution >= 4 is 17.7 Å². The molecule has 13 heteroatoms. The minimum absolute atomic E-state index is 0.0120. The van der Waals surface area contributed by atoms with Crippen molar-refractivity contribution < 1.29 is 27.6 Å². The number of likely N-dealkylation sites (tertiary alicyclic amines) is 1. The van der Waals surface area contributed by atoms with Crippen LogP contribution in [0.15, 0.2) is 28.8 Å². The Balaban J connectivity index is 1.53. The largest absolute Gasteiger partial charge is 0.474 e. The zero-order valence-electron chi connectivity index (χ0n) is 22.7. The molecule has 0 bridgehead atoms. The van der Waals surface area contributed by atoms with E-state index in [1.165, 1.54) is 12.1 Å². The summed E-state index contributed by atoms with van der Waals surface area (Å²) in [5.41, 5.74) is -2.18. The molecule has 4 rings (SSSR count). The van der Waals surface area contributed by atoms with E-state index in [9.17, 15) is 18.8 Å². The number of benzene rings is 1. The fraction of sp³-hybridized carbons (Fsp3) is 0.481. The maximum absolute atomic E-state index is 14.5. The molecule has 1 aromatic carbocycles. The second kappa shape index (κ2) is 11.3. The van der Waals surface area contributed by atoms with E-state index in [4.69, 9.17) is 25.6 Å². The van der Waals surface area contributed by atoms with E-state index < -0.39 is 34.8 Å². The third kappa shape index (κ3) is 6.47. The van der Waals surface area contributed by atoms with Crippen LogP contribution in [0.2, 0.25) is 5.15 Å². The van der Waals surface area contributed by atoms with E-state index in [2.05, 4.69) is 26.2 Å². The van der Waals surface area contributed by atoms with Gasteiger partial charge in [0.1, 0.15) is 28.5 Å². The number of carbonyl (C=O) groups is 1. The molecule has 0 N–H and O–H groups in total. The lowest BCUT2D eigenvalue weighted by Gasteiger charge is -2.38. The molecule has 0 saturated carbocycles. The van der Waals surface area contributed by atoms with Gasteiger partial charge < -0.3 is 18.9 Å². The SMILES string of the molecule is CC(C)(C)OC(=O)N1CC[C@H](Oc2cc(Cl)nc(-c3noc(C(C)(C)c4c(F)cccc4F)n3)n2)C[C@H]1CC#N. The molecule has 1 aliphatic heterocycles. The maximum Gasteiger partial charge on any atom is 0.410 e. The van der Waals surface area contributed by atoms with Crippen molar-refractivity contribution in [3.63, 3.8) is 0 Å². The zero-order valence-corrected chi connectivity index (χ0v) is 23.5. The summed E-state index contributed by atoms with van der Waals surface area (Å²) in [7, 11) is 0. The van der Waals surface area contributed by atoms with Crippen LogP contribution in [0.25, 0.3) is 11.6 Å². The van der Waals surface area contributed by atoms with E-state index in [0.717, 1.165) is 12.1 Å². The third-order valence-corrected chi connectivity index (χ3v) is 6.52. The molecule has 2 atom stereocenters. The summed E-state index contributed by atoms with van der Waals surface area (Å²) in [6.07, 6.45) is 0.0916. The fourth-order valence-corrected chi connectivity index (χ4v) is 4.65. The highest BCUT2D eigenvalue weighted by Crippen LogP contribution is 2.35. The van der Waals surface area contributed by atoms with Gasteiger partial charge in [-0.25, -0.2) is 18.6 Å². The summed E-state index contributed by atoms with van der Waals surface area (Å²) in [6.45, 7) is 8.78. The molecule has 0 radical (unpaired) electrons. The lowest BCUT2D eigenvalue weighted by atomic mass is 9.83. The number of amides is 1. The molecular formula is C27H29ClF2N6O4. The second-order valence-electron chi connectivity index (χ2n) is 11.0. The van der Waals surface area contributed by atoms with E-state index in [-0.39, 0.29) is 46.7 Å². The van der Waals surface area contributed by atoms with Crippen LogP contribution in [0.3, 0.4) is 0 Å². The lowest BCUT2D eigenvalue weighted by Crippen LogP contribution is -2.50. The first-order valence-corrected chi connectivity index (χ1v) is 13.0. The van der Waals surface area contributed by atoms with E-state index in [0.29, 0.717) is 19.4 Å². The summed E-state index contributed by atoms with van der Waals surface area (Å²) < 4.78 is 45.9. The maximum atomic E-state index is 14.5. The van der Waals surface area contributed by atoms with Crippen molar-refractivity contribution in [1.29, 1.82) is 5.26 Å². The first-order chi connectivity index (χ1) is 18.8. The zero-order chi connectivity index (χ0) is 29.2. The number of hydrogen-bond acceptors (Lipinski definition) is 9. The number of hydrogen-bond donors (Lipinski definition) is 0. The lowest BCUT2D eigenvalue weighted by molar-refractivity contribution is -0.00377. The molecule has 1 amide bonds. The van der Waals surface area contributed by atoms with Crippen LogP contribution in [0, 0.1) is 23.0 Å². The highest BCUT2D eigenvalue weighted by Gasteiger charge is 2.37. The average molecular weight is 575 g/mol. The van der Waals surface area contributed by atoms with Gasteiger partial charge in [0.2, 0.25) is 23.4 Å². The van der Waals surface area contributed by atoms with Crippen molar-refractivity contribution in [2.24, 2.45) is 0 Å². The summed E-state index contributed by atoms with van der Waals surface area (Å²) >= 11 is 6.23. The first-order valence-electron chi connectivity index (χ1n) is 12.7. The van der Waals surface area contributed by atoms with E-state index in [1.54, 1.807) is 39.5 Å². The molecule has 40 heavy (non-hydrogen) atoms. The molecule has 0 aliphatic carbocycles. The molecule has 3 aromatic rings. The van der Waals surface area contributed by atoms with Gasteiger partial charge in [-0.15, -0.1) is 0 Å². The van der Waals surface area contributed by atoms with Crippen molar-refractivity contribution in [2.75, 3.05) is 6.54 Å². The van der Waals surface area contributed by atoms with Crippen LogP contribution in [-0.4, -0.2) is 55.4 Å². The van der Waals surface area contributed by atoms with E-state index in [1.807, 2.05) is 0 Å². The predicted octanol–water partition coefficient (Wildman–Crippen LogP) is 5.84. The molecule has 212 valence electrons. The van der Waals surface area contributed by atoms with Crippen LogP contribution in [-0.2, 0) is 10.2 Å². The van der Waals surface area contributed by atoms with Crippen molar-refractivity contribution in [3.8, 4) is 23.6 Å². The molecule has 0 unspecified atom stereocenters. The highest BCUT2D eigenvalue weighted by molar-refractivity contribution is 6.29. The summed E-state index contributed by atoms with van der Waals surface area (Å²) in [5, 5.41) is 13.3. The van der Waals surface area contributed by atoms with Gasteiger partial charge in [-0.3, -0.25) is 0 Å². The Bertz CT molecular complexity index is 1410. The summed E-state index contributed by atoms with van der Waals surface area (Å²) in [5.74, 6) is -1.46. The summed E-state index contributed by atoms with van der Waals surface area (Å²) in [6, 6.07) is 6.71. The topological polar surface area (TPSA) is 127 Å². The minimum atomic E-state index is -1.30. The number of nitrogens with zero attached hydrogens (tertiary/aromatic N) is 6. The Kier molecular flexibility index (Phi) is 8.25. The number of rotatable bonds is 6. The number of carbonyl (C=O) groups excluding carboxylic acids is 1. The van der Waals surface area contributed by atoms with Gasteiger partial charge in [0.15, 0.2) is 0 Å². The number of halogens is 3. The Morgan fingerprint density at radius 2 is 1.88 bits per heavy atom. The molecule has 1 aliphatic rings. The Labute approximate surface area is 235 Å². The second-order valence-corrected chi connectivity index (χ2v) is 11.3. The molecule has 0 spiro atoms. The van der Waals surface area contributed by atoms with Gasteiger partial charge in [-0.05, 0) is 46.8 Å². The van der Waals surface area contributed by atoms with Gasteiger partial charge in [0.05, 0.1) is 23.9 Å². The normalized spacial score (nSPS) is 17.8. The van der Waals surface area contributed by atoms with Crippen molar-refractivity contribution in [1.82, 2.24) is 25.0 Å². The molecular weight excluding hydrogens is 546 g/mol. The van der Waals surface area contributed by atoms with Crippen LogP contribution in [0.4, 0.5) is 13.6 Å². The number of piperidine rings is 1. The van der Waals surface area contributed by atoms with E-state index >= 15 is 0 Å². The molecule has 3 heterocycles. The van der Waals surface area contributed by atoms with Crippen LogP contribution in [0.5, 0.6) is 5.88 Å². The smallest absolute Gasteiger partial charge is 0.410 e. The van der Waals surface area contributed by atoms with Gasteiger partial charge in [0, 0.05) is 31.0 Å². The van der Waals surface area contributed by atoms with Crippen molar-refractivity contribution in [3.05, 3.63) is 52.5 Å². The number of ether oxygens (including phenoxy) is 2.